The number of oxime groups is 1. The molecule has 0 radical (unpaired) electrons. The third kappa shape index (κ3) is 1.89. The van der Waals surface area contributed by atoms with Crippen molar-refractivity contribution in [3.05, 3.63) is 23.8 Å². The number of nitrogens with two attached hydrogens (primary N) is 1. The van der Waals surface area contributed by atoms with Gasteiger partial charge in [0, 0.05) is 5.56 Å². The van der Waals surface area contributed by atoms with Gasteiger partial charge in [0.25, 0.3) is 0 Å². The second-order valence-electron chi connectivity index (χ2n) is 3.65. The van der Waals surface area contributed by atoms with Gasteiger partial charge < -0.3 is 20.4 Å². The Hall–Kier alpha value is -2.24. The molecule has 0 aromatic heterocycles. The number of primary amides is 1. The van der Waals surface area contributed by atoms with E-state index in [-0.39, 0.29) is 5.90 Å². The molecule has 1 heterocycles. The fraction of sp³-hybridized carbons (Fsp3) is 0.273. The molecule has 1 aliphatic heterocycles. The Bertz CT molecular complexity index is 484. The van der Waals surface area contributed by atoms with Gasteiger partial charge >= 0.3 is 0 Å². The normalized spacial score (nSPS) is 20.5. The number of hydrogen-bond acceptors (Lipinski definition) is 5. The Kier molecular flexibility index (Phi) is 2.86. The van der Waals surface area contributed by atoms with Crippen molar-refractivity contribution in [1.82, 2.24) is 0 Å². The molecule has 1 aliphatic rings. The van der Waals surface area contributed by atoms with Crippen LogP contribution in [0.15, 0.2) is 23.4 Å². The molecule has 90 valence electrons. The maximum absolute atomic E-state index is 11.2. The Morgan fingerprint density at radius 2 is 2.41 bits per heavy atom. The van der Waals surface area contributed by atoms with E-state index in [1.807, 2.05) is 6.07 Å². The van der Waals surface area contributed by atoms with Crippen molar-refractivity contribution in [3.63, 3.8) is 0 Å². The molecule has 2 rings (SSSR count). The molecule has 0 saturated carbocycles. The number of rotatable bonds is 2. The zero-order chi connectivity index (χ0) is 12.4. The molecular weight excluding hydrogens is 224 g/mol. The summed E-state index contributed by atoms with van der Waals surface area (Å²) in [4.78, 5) is 11.2. The van der Waals surface area contributed by atoms with Crippen molar-refractivity contribution in [2.24, 2.45) is 16.8 Å². The van der Waals surface area contributed by atoms with E-state index in [1.165, 1.54) is 7.11 Å². The lowest BCUT2D eigenvalue weighted by atomic mass is 9.95. The van der Waals surface area contributed by atoms with Gasteiger partial charge in [-0.3, -0.25) is 4.79 Å². The third-order valence-corrected chi connectivity index (χ3v) is 2.65. The first kappa shape index (κ1) is 11.3. The standard InChI is InChI=1S/C11H12N2O4/c1-16-8-4-2-3-6-5-7(10(12)14)11(13-15)17-9(6)8/h2-4,7,15H,5H2,1H3,(H2,12,14). The molecule has 0 aliphatic carbocycles. The molecule has 0 fully saturated rings. The molecule has 0 bridgehead atoms. The molecule has 3 N–H and O–H groups in total. The largest absolute Gasteiger partial charge is 0.493 e. The molecule has 1 aromatic carbocycles. The van der Waals surface area contributed by atoms with E-state index in [1.54, 1.807) is 12.1 Å². The van der Waals surface area contributed by atoms with Gasteiger partial charge in [-0.2, -0.15) is 0 Å². The number of amides is 1. The fourth-order valence-corrected chi connectivity index (χ4v) is 1.79. The predicted molar refractivity (Wildman–Crippen MR) is 59.2 cm³/mol. The summed E-state index contributed by atoms with van der Waals surface area (Å²) in [6.07, 6.45) is 0.335. The highest BCUT2D eigenvalue weighted by molar-refractivity contribution is 6.01. The van der Waals surface area contributed by atoms with Crippen molar-refractivity contribution in [2.75, 3.05) is 7.11 Å². The van der Waals surface area contributed by atoms with Crippen molar-refractivity contribution in [2.45, 2.75) is 6.42 Å². The number of ether oxygens (including phenoxy) is 2. The van der Waals surface area contributed by atoms with Gasteiger partial charge in [-0.15, -0.1) is 0 Å². The van der Waals surface area contributed by atoms with Crippen LogP contribution in [0.1, 0.15) is 5.56 Å². The van der Waals surface area contributed by atoms with Crippen molar-refractivity contribution < 1.29 is 19.5 Å². The Morgan fingerprint density at radius 1 is 1.65 bits per heavy atom. The molecule has 0 spiro atoms. The first-order valence-electron chi connectivity index (χ1n) is 5.02. The van der Waals surface area contributed by atoms with Crippen molar-refractivity contribution >= 4 is 11.8 Å². The predicted octanol–water partition coefficient (Wildman–Crippen LogP) is 0.519. The van der Waals surface area contributed by atoms with Crippen molar-refractivity contribution in [1.29, 1.82) is 0 Å². The lowest BCUT2D eigenvalue weighted by Crippen LogP contribution is -2.38. The number of fused-ring (bicyclic) bond motifs is 1. The Labute approximate surface area is 97.6 Å². The van der Waals surface area contributed by atoms with Crippen LogP contribution in [0.2, 0.25) is 0 Å². The fourth-order valence-electron chi connectivity index (χ4n) is 1.79. The lowest BCUT2D eigenvalue weighted by Gasteiger charge is -2.24. The van der Waals surface area contributed by atoms with Gasteiger partial charge in [0.2, 0.25) is 11.8 Å². The maximum Gasteiger partial charge on any atom is 0.244 e. The molecule has 1 aromatic rings. The van der Waals surface area contributed by atoms with E-state index in [0.717, 1.165) is 5.56 Å². The maximum atomic E-state index is 11.2. The van der Waals surface area contributed by atoms with E-state index < -0.39 is 11.8 Å². The third-order valence-electron chi connectivity index (χ3n) is 2.65. The number of carbonyl (C=O) groups excluding carboxylic acids is 1. The van der Waals surface area contributed by atoms with Crippen LogP contribution < -0.4 is 15.2 Å². The Morgan fingerprint density at radius 3 is 3.00 bits per heavy atom. The summed E-state index contributed by atoms with van der Waals surface area (Å²) >= 11 is 0. The number of carbonyl (C=O) groups is 1. The average Bonchev–Trinajstić information content (AvgIpc) is 2.36. The average molecular weight is 236 g/mol. The monoisotopic (exact) mass is 236 g/mol. The highest BCUT2D eigenvalue weighted by Gasteiger charge is 2.33. The molecule has 1 unspecified atom stereocenters. The molecule has 6 nitrogen and oxygen atoms in total. The molecule has 0 saturated heterocycles. The van der Waals surface area contributed by atoms with Crippen LogP contribution in [0, 0.1) is 5.92 Å². The van der Waals surface area contributed by atoms with E-state index in [2.05, 4.69) is 5.16 Å². The minimum absolute atomic E-state index is 0.102. The summed E-state index contributed by atoms with van der Waals surface area (Å²) in [5.74, 6) is -0.466. The van der Waals surface area contributed by atoms with Gasteiger partial charge in [-0.05, 0) is 12.5 Å². The van der Waals surface area contributed by atoms with Gasteiger partial charge in [0.05, 0.1) is 7.11 Å². The highest BCUT2D eigenvalue weighted by Crippen LogP contribution is 2.36. The van der Waals surface area contributed by atoms with E-state index in [9.17, 15) is 4.79 Å². The van der Waals surface area contributed by atoms with Crippen LogP contribution in [-0.2, 0) is 11.2 Å². The van der Waals surface area contributed by atoms with Crippen LogP contribution in [0.3, 0.4) is 0 Å². The number of nitrogens with zero attached hydrogens (tertiary/aromatic N) is 1. The number of methoxy groups -OCH3 is 1. The number of para-hydroxylation sites is 1. The topological polar surface area (TPSA) is 94.1 Å². The molecule has 17 heavy (non-hydrogen) atoms. The zero-order valence-corrected chi connectivity index (χ0v) is 9.21. The SMILES string of the molecule is COc1cccc2c1OC(=NO)C(C(N)=O)C2. The van der Waals surface area contributed by atoms with E-state index in [0.29, 0.717) is 17.9 Å². The molecule has 6 heteroatoms. The lowest BCUT2D eigenvalue weighted by molar-refractivity contribution is -0.120. The minimum Gasteiger partial charge on any atom is -0.493 e. The highest BCUT2D eigenvalue weighted by atomic mass is 16.5. The number of benzene rings is 1. The first-order chi connectivity index (χ1) is 8.17. The zero-order valence-electron chi connectivity index (χ0n) is 9.21. The van der Waals surface area contributed by atoms with E-state index in [4.69, 9.17) is 20.4 Å². The summed E-state index contributed by atoms with van der Waals surface area (Å²) in [5, 5.41) is 11.8. The second kappa shape index (κ2) is 4.32. The smallest absolute Gasteiger partial charge is 0.244 e. The summed E-state index contributed by atoms with van der Waals surface area (Å²) < 4.78 is 10.5. The van der Waals surface area contributed by atoms with Crippen molar-refractivity contribution in [3.8, 4) is 11.5 Å². The first-order valence-corrected chi connectivity index (χ1v) is 5.02. The van der Waals surface area contributed by atoms with Crippen LogP contribution in [0.25, 0.3) is 0 Å². The summed E-state index contributed by atoms with van der Waals surface area (Å²) in [6.45, 7) is 0. The van der Waals surface area contributed by atoms with Gasteiger partial charge in [0.15, 0.2) is 11.5 Å². The second-order valence-corrected chi connectivity index (χ2v) is 3.65. The minimum atomic E-state index is -0.750. The van der Waals surface area contributed by atoms with Gasteiger partial charge in [-0.1, -0.05) is 17.3 Å². The Balaban J connectivity index is 2.46. The summed E-state index contributed by atoms with van der Waals surface area (Å²) in [5.41, 5.74) is 6.01. The number of hydrogen-bond donors (Lipinski definition) is 2. The summed E-state index contributed by atoms with van der Waals surface area (Å²) in [7, 11) is 1.51. The molecular formula is C11H12N2O4. The molecule has 1 amide bonds. The van der Waals surface area contributed by atoms with Crippen LogP contribution >= 0.6 is 0 Å². The quantitative estimate of drug-likeness (QED) is 0.578. The van der Waals surface area contributed by atoms with Gasteiger partial charge in [-0.25, -0.2) is 0 Å². The van der Waals surface area contributed by atoms with Gasteiger partial charge in [0.1, 0.15) is 5.92 Å². The van der Waals surface area contributed by atoms with E-state index >= 15 is 0 Å². The molecule has 1 atom stereocenters. The summed E-state index contributed by atoms with van der Waals surface area (Å²) in [6, 6.07) is 5.32. The van der Waals surface area contributed by atoms with Crippen LogP contribution in [-0.4, -0.2) is 24.1 Å². The van der Waals surface area contributed by atoms with Crippen LogP contribution in [0.4, 0.5) is 0 Å². The van der Waals surface area contributed by atoms with Crippen LogP contribution in [0.5, 0.6) is 11.5 Å².